The third kappa shape index (κ3) is 4.89. The second-order valence-electron chi connectivity index (χ2n) is 4.58. The average Bonchev–Trinajstić information content (AvgIpc) is 2.50. The summed E-state index contributed by atoms with van der Waals surface area (Å²) < 4.78 is 26.1. The van der Waals surface area contributed by atoms with Crippen LogP contribution in [0.2, 0.25) is 0 Å². The number of hydrogen-bond acceptors (Lipinski definition) is 3. The highest BCUT2D eigenvalue weighted by molar-refractivity contribution is 7.88. The fourth-order valence-corrected chi connectivity index (χ4v) is 3.72. The lowest BCUT2D eigenvalue weighted by molar-refractivity contribution is 0.196. The minimum Gasteiger partial charge on any atom is -0.301 e. The lowest BCUT2D eigenvalue weighted by Crippen LogP contribution is -2.48. The monoisotopic (exact) mass is 298 g/mol. The standard InChI is InChI=1S/C13H20N2O2S.C2H6/c1-2-14-8-10-15(11-9-14)18(16,17)12-13-6-4-3-5-7-13;1-2/h3-7H,2,8-12H2,1H3;1-2H3. The topological polar surface area (TPSA) is 40.6 Å². The van der Waals surface area contributed by atoms with Gasteiger partial charge in [-0.15, -0.1) is 0 Å². The summed E-state index contributed by atoms with van der Waals surface area (Å²) in [5.74, 6) is 0.111. The second kappa shape index (κ2) is 8.39. The third-order valence-corrected chi connectivity index (χ3v) is 5.21. The Bertz CT molecular complexity index is 466. The minimum atomic E-state index is -3.16. The van der Waals surface area contributed by atoms with E-state index in [-0.39, 0.29) is 5.75 Å². The van der Waals surface area contributed by atoms with Crippen molar-refractivity contribution < 1.29 is 8.42 Å². The van der Waals surface area contributed by atoms with Crippen LogP contribution in [0, 0.1) is 0 Å². The largest absolute Gasteiger partial charge is 0.301 e. The van der Waals surface area contributed by atoms with Crippen molar-refractivity contribution in [2.45, 2.75) is 26.5 Å². The van der Waals surface area contributed by atoms with E-state index in [2.05, 4.69) is 11.8 Å². The number of rotatable bonds is 4. The van der Waals surface area contributed by atoms with Crippen molar-refractivity contribution in [1.82, 2.24) is 9.21 Å². The van der Waals surface area contributed by atoms with Gasteiger partial charge in [0.2, 0.25) is 10.0 Å². The molecule has 1 aliphatic rings. The van der Waals surface area contributed by atoms with Gasteiger partial charge < -0.3 is 4.90 Å². The molecule has 114 valence electrons. The highest BCUT2D eigenvalue weighted by atomic mass is 32.2. The van der Waals surface area contributed by atoms with Gasteiger partial charge in [0, 0.05) is 26.2 Å². The van der Waals surface area contributed by atoms with Crippen molar-refractivity contribution in [1.29, 1.82) is 0 Å². The Kier molecular flexibility index (Phi) is 7.19. The molecule has 0 unspecified atom stereocenters. The molecule has 1 fully saturated rings. The van der Waals surface area contributed by atoms with E-state index in [1.54, 1.807) is 4.31 Å². The summed E-state index contributed by atoms with van der Waals surface area (Å²) in [5.41, 5.74) is 0.857. The van der Waals surface area contributed by atoms with Crippen LogP contribution in [0.4, 0.5) is 0 Å². The summed E-state index contributed by atoms with van der Waals surface area (Å²) in [6, 6.07) is 9.37. The van der Waals surface area contributed by atoms with Gasteiger partial charge >= 0.3 is 0 Å². The van der Waals surface area contributed by atoms with Crippen molar-refractivity contribution in [3.8, 4) is 0 Å². The second-order valence-corrected chi connectivity index (χ2v) is 6.54. The van der Waals surface area contributed by atoms with Gasteiger partial charge in [-0.2, -0.15) is 4.31 Å². The molecule has 0 bridgehead atoms. The molecule has 2 rings (SSSR count). The van der Waals surface area contributed by atoms with Crippen molar-refractivity contribution in [2.75, 3.05) is 32.7 Å². The van der Waals surface area contributed by atoms with Crippen LogP contribution in [0.1, 0.15) is 26.3 Å². The van der Waals surface area contributed by atoms with E-state index in [4.69, 9.17) is 0 Å². The number of nitrogens with zero attached hydrogens (tertiary/aromatic N) is 2. The average molecular weight is 298 g/mol. The van der Waals surface area contributed by atoms with Crippen LogP contribution in [-0.2, 0) is 15.8 Å². The molecule has 4 nitrogen and oxygen atoms in total. The Morgan fingerprint density at radius 1 is 1.00 bits per heavy atom. The Morgan fingerprint density at radius 2 is 1.55 bits per heavy atom. The van der Waals surface area contributed by atoms with Crippen LogP contribution in [0.5, 0.6) is 0 Å². The number of likely N-dealkylation sites (N-methyl/N-ethyl adjacent to an activating group) is 1. The Balaban J connectivity index is 0.000000956. The van der Waals surface area contributed by atoms with E-state index in [1.807, 2.05) is 44.2 Å². The molecule has 0 spiro atoms. The van der Waals surface area contributed by atoms with Crippen molar-refractivity contribution in [3.63, 3.8) is 0 Å². The Morgan fingerprint density at radius 3 is 2.05 bits per heavy atom. The minimum absolute atomic E-state index is 0.111. The molecule has 0 N–H and O–H groups in total. The van der Waals surface area contributed by atoms with Gasteiger partial charge in [-0.1, -0.05) is 51.1 Å². The SMILES string of the molecule is CC.CCN1CCN(S(=O)(=O)Cc2ccccc2)CC1. The molecule has 1 heterocycles. The van der Waals surface area contributed by atoms with Crippen LogP contribution < -0.4 is 0 Å². The number of hydrogen-bond donors (Lipinski definition) is 0. The molecule has 0 saturated carbocycles. The lowest BCUT2D eigenvalue weighted by Gasteiger charge is -2.33. The predicted octanol–water partition coefficient (Wildman–Crippen LogP) is 2.18. The molecule has 0 aromatic heterocycles. The molecule has 0 aliphatic carbocycles. The molecule has 0 radical (unpaired) electrons. The van der Waals surface area contributed by atoms with Gasteiger partial charge in [0.15, 0.2) is 0 Å². The first kappa shape index (κ1) is 17.1. The fourth-order valence-electron chi connectivity index (χ4n) is 2.20. The number of piperazine rings is 1. The van der Waals surface area contributed by atoms with Crippen LogP contribution in [-0.4, -0.2) is 50.3 Å². The van der Waals surface area contributed by atoms with Crippen molar-refractivity contribution >= 4 is 10.0 Å². The molecule has 0 amide bonds. The first-order valence-corrected chi connectivity index (χ1v) is 8.97. The summed E-state index contributed by atoms with van der Waals surface area (Å²) in [6.07, 6.45) is 0. The van der Waals surface area contributed by atoms with Gasteiger partial charge in [0.25, 0.3) is 0 Å². The van der Waals surface area contributed by atoms with Gasteiger partial charge in [0.1, 0.15) is 0 Å². The number of sulfonamides is 1. The molecule has 1 aliphatic heterocycles. The Labute approximate surface area is 123 Å². The third-order valence-electron chi connectivity index (χ3n) is 3.36. The predicted molar refractivity (Wildman–Crippen MR) is 84.1 cm³/mol. The molecule has 1 saturated heterocycles. The summed E-state index contributed by atoms with van der Waals surface area (Å²) in [7, 11) is -3.16. The molecule has 1 aromatic carbocycles. The van der Waals surface area contributed by atoms with Gasteiger partial charge in [0.05, 0.1) is 5.75 Å². The van der Waals surface area contributed by atoms with Crippen LogP contribution in [0.25, 0.3) is 0 Å². The zero-order chi connectivity index (χ0) is 15.0. The van der Waals surface area contributed by atoms with Gasteiger partial charge in [-0.25, -0.2) is 8.42 Å². The molecule has 0 atom stereocenters. The van der Waals surface area contributed by atoms with Gasteiger partial charge in [-0.3, -0.25) is 0 Å². The molecular weight excluding hydrogens is 272 g/mol. The quantitative estimate of drug-likeness (QED) is 0.855. The normalized spacial score (nSPS) is 17.4. The first-order valence-electron chi connectivity index (χ1n) is 7.36. The molecular formula is C15H26N2O2S. The highest BCUT2D eigenvalue weighted by Gasteiger charge is 2.26. The van der Waals surface area contributed by atoms with Crippen LogP contribution in [0.15, 0.2) is 30.3 Å². The zero-order valence-corrected chi connectivity index (χ0v) is 13.6. The van der Waals surface area contributed by atoms with E-state index >= 15 is 0 Å². The van der Waals surface area contributed by atoms with E-state index in [0.717, 1.165) is 25.2 Å². The maximum Gasteiger partial charge on any atom is 0.218 e. The smallest absolute Gasteiger partial charge is 0.218 e. The zero-order valence-electron chi connectivity index (χ0n) is 12.7. The maximum atomic E-state index is 12.3. The fraction of sp³-hybridized carbons (Fsp3) is 0.600. The highest BCUT2D eigenvalue weighted by Crippen LogP contribution is 2.13. The summed E-state index contributed by atoms with van der Waals surface area (Å²) >= 11 is 0. The summed E-state index contributed by atoms with van der Waals surface area (Å²) in [5, 5.41) is 0. The molecule has 5 heteroatoms. The van der Waals surface area contributed by atoms with Gasteiger partial charge in [-0.05, 0) is 12.1 Å². The van der Waals surface area contributed by atoms with Crippen LogP contribution >= 0.6 is 0 Å². The molecule has 1 aromatic rings. The van der Waals surface area contributed by atoms with E-state index in [0.29, 0.717) is 13.1 Å². The van der Waals surface area contributed by atoms with Crippen LogP contribution in [0.3, 0.4) is 0 Å². The van der Waals surface area contributed by atoms with E-state index < -0.39 is 10.0 Å². The first-order chi connectivity index (χ1) is 9.62. The van der Waals surface area contributed by atoms with Crippen molar-refractivity contribution in [3.05, 3.63) is 35.9 Å². The van der Waals surface area contributed by atoms with Crippen molar-refractivity contribution in [2.24, 2.45) is 0 Å². The van der Waals surface area contributed by atoms with E-state index in [1.165, 1.54) is 0 Å². The summed E-state index contributed by atoms with van der Waals surface area (Å²) in [4.78, 5) is 2.27. The maximum absolute atomic E-state index is 12.3. The molecule has 20 heavy (non-hydrogen) atoms. The summed E-state index contributed by atoms with van der Waals surface area (Å²) in [6.45, 7) is 10.0. The van der Waals surface area contributed by atoms with E-state index in [9.17, 15) is 8.42 Å². The Hall–Kier alpha value is -0.910. The lowest BCUT2D eigenvalue weighted by atomic mass is 10.2. The number of benzene rings is 1.